The standard InChI is InChI=1S/C8H18O2/c1-3-10-6-4-5-8(2)7-9/h8-9H,3-7H2,1-2H3. The van der Waals surface area contributed by atoms with Gasteiger partial charge in [-0.2, -0.15) is 0 Å². The van der Waals surface area contributed by atoms with Crippen LogP contribution in [0.2, 0.25) is 0 Å². The highest BCUT2D eigenvalue weighted by Crippen LogP contribution is 2.03. The zero-order chi connectivity index (χ0) is 7.82. The summed E-state index contributed by atoms with van der Waals surface area (Å²) >= 11 is 0. The summed E-state index contributed by atoms with van der Waals surface area (Å²) in [6.07, 6.45) is 2.13. The van der Waals surface area contributed by atoms with Gasteiger partial charge in [0, 0.05) is 19.8 Å². The van der Waals surface area contributed by atoms with Crippen molar-refractivity contribution in [3.8, 4) is 0 Å². The molecule has 0 amide bonds. The van der Waals surface area contributed by atoms with Gasteiger partial charge in [-0.05, 0) is 25.7 Å². The van der Waals surface area contributed by atoms with Crippen LogP contribution in [-0.2, 0) is 4.74 Å². The summed E-state index contributed by atoms with van der Waals surface area (Å²) < 4.78 is 5.15. The van der Waals surface area contributed by atoms with Gasteiger partial charge in [0.25, 0.3) is 0 Å². The Hall–Kier alpha value is -0.0800. The van der Waals surface area contributed by atoms with Crippen molar-refractivity contribution < 1.29 is 9.84 Å². The van der Waals surface area contributed by atoms with E-state index in [0.29, 0.717) is 12.5 Å². The fourth-order valence-electron chi connectivity index (χ4n) is 0.769. The summed E-state index contributed by atoms with van der Waals surface area (Å²) in [5.74, 6) is 0.431. The molecule has 0 aliphatic rings. The Morgan fingerprint density at radius 1 is 1.50 bits per heavy atom. The molecule has 0 saturated heterocycles. The maximum absolute atomic E-state index is 8.65. The maximum Gasteiger partial charge on any atom is 0.0466 e. The van der Waals surface area contributed by atoms with Gasteiger partial charge in [-0.3, -0.25) is 0 Å². The fraction of sp³-hybridized carbons (Fsp3) is 1.00. The van der Waals surface area contributed by atoms with E-state index in [-0.39, 0.29) is 0 Å². The summed E-state index contributed by atoms with van der Waals surface area (Å²) in [6.45, 7) is 5.97. The van der Waals surface area contributed by atoms with E-state index in [4.69, 9.17) is 9.84 Å². The molecule has 0 aromatic heterocycles. The molecule has 1 N–H and O–H groups in total. The molecule has 0 rings (SSSR count). The third kappa shape index (κ3) is 6.05. The minimum absolute atomic E-state index is 0.298. The van der Waals surface area contributed by atoms with Crippen molar-refractivity contribution in [2.45, 2.75) is 26.7 Å². The Bertz CT molecular complexity index is 64.3. The number of ether oxygens (including phenoxy) is 1. The Balaban J connectivity index is 2.89. The molecule has 0 bridgehead atoms. The third-order valence-electron chi connectivity index (χ3n) is 1.50. The van der Waals surface area contributed by atoms with Gasteiger partial charge in [-0.15, -0.1) is 0 Å². The van der Waals surface area contributed by atoms with Crippen molar-refractivity contribution in [1.82, 2.24) is 0 Å². The van der Waals surface area contributed by atoms with E-state index >= 15 is 0 Å². The molecular weight excluding hydrogens is 128 g/mol. The minimum Gasteiger partial charge on any atom is -0.396 e. The first kappa shape index (κ1) is 9.92. The highest BCUT2D eigenvalue weighted by molar-refractivity contribution is 4.49. The molecular formula is C8H18O2. The molecule has 0 aromatic rings. The van der Waals surface area contributed by atoms with Crippen LogP contribution in [0.15, 0.2) is 0 Å². The number of hydrogen-bond acceptors (Lipinski definition) is 2. The summed E-state index contributed by atoms with van der Waals surface area (Å²) in [7, 11) is 0. The van der Waals surface area contributed by atoms with E-state index in [1.54, 1.807) is 0 Å². The van der Waals surface area contributed by atoms with Gasteiger partial charge in [0.05, 0.1) is 0 Å². The third-order valence-corrected chi connectivity index (χ3v) is 1.50. The summed E-state index contributed by atoms with van der Waals surface area (Å²) in [6, 6.07) is 0. The van der Waals surface area contributed by atoms with E-state index in [1.807, 2.05) is 13.8 Å². The van der Waals surface area contributed by atoms with E-state index in [2.05, 4.69) is 0 Å². The Kier molecular flexibility index (Phi) is 6.98. The maximum atomic E-state index is 8.65. The second-order valence-electron chi connectivity index (χ2n) is 2.63. The van der Waals surface area contributed by atoms with Crippen molar-refractivity contribution >= 4 is 0 Å². The lowest BCUT2D eigenvalue weighted by Crippen LogP contribution is -2.02. The Morgan fingerprint density at radius 2 is 2.20 bits per heavy atom. The summed E-state index contributed by atoms with van der Waals surface area (Å²) in [5.41, 5.74) is 0. The number of rotatable bonds is 6. The van der Waals surface area contributed by atoms with Gasteiger partial charge >= 0.3 is 0 Å². The molecule has 0 aromatic carbocycles. The van der Waals surface area contributed by atoms with Gasteiger partial charge in [-0.25, -0.2) is 0 Å². The second kappa shape index (κ2) is 7.03. The van der Waals surface area contributed by atoms with Crippen LogP contribution in [0, 0.1) is 5.92 Å². The molecule has 10 heavy (non-hydrogen) atoms. The molecule has 0 radical (unpaired) electrons. The average molecular weight is 146 g/mol. The normalized spacial score (nSPS) is 13.5. The predicted octanol–water partition coefficient (Wildman–Crippen LogP) is 1.43. The van der Waals surface area contributed by atoms with Crippen molar-refractivity contribution in [1.29, 1.82) is 0 Å². The van der Waals surface area contributed by atoms with Crippen molar-refractivity contribution in [3.63, 3.8) is 0 Å². The lowest BCUT2D eigenvalue weighted by Gasteiger charge is -2.06. The largest absolute Gasteiger partial charge is 0.396 e. The SMILES string of the molecule is CCOCCCC(C)CO. The monoisotopic (exact) mass is 146 g/mol. The zero-order valence-corrected chi connectivity index (χ0v) is 6.97. The van der Waals surface area contributed by atoms with Crippen LogP contribution in [0.4, 0.5) is 0 Å². The van der Waals surface area contributed by atoms with Crippen LogP contribution >= 0.6 is 0 Å². The quantitative estimate of drug-likeness (QED) is 0.574. The molecule has 0 fully saturated rings. The van der Waals surface area contributed by atoms with Crippen molar-refractivity contribution in [2.24, 2.45) is 5.92 Å². The van der Waals surface area contributed by atoms with Crippen LogP contribution in [0.5, 0.6) is 0 Å². The van der Waals surface area contributed by atoms with Gasteiger partial charge < -0.3 is 9.84 Å². The molecule has 2 heteroatoms. The molecule has 0 heterocycles. The molecule has 1 unspecified atom stereocenters. The van der Waals surface area contributed by atoms with Crippen LogP contribution in [0.1, 0.15) is 26.7 Å². The lowest BCUT2D eigenvalue weighted by atomic mass is 10.1. The first-order chi connectivity index (χ1) is 4.81. The zero-order valence-electron chi connectivity index (χ0n) is 6.97. The topological polar surface area (TPSA) is 29.5 Å². The highest BCUT2D eigenvalue weighted by atomic mass is 16.5. The molecule has 0 saturated carbocycles. The molecule has 0 aliphatic carbocycles. The smallest absolute Gasteiger partial charge is 0.0466 e. The van der Waals surface area contributed by atoms with E-state index in [0.717, 1.165) is 26.1 Å². The molecule has 62 valence electrons. The van der Waals surface area contributed by atoms with Gasteiger partial charge in [0.15, 0.2) is 0 Å². The lowest BCUT2D eigenvalue weighted by molar-refractivity contribution is 0.134. The number of aliphatic hydroxyl groups excluding tert-OH is 1. The molecule has 0 spiro atoms. The van der Waals surface area contributed by atoms with Gasteiger partial charge in [0.2, 0.25) is 0 Å². The van der Waals surface area contributed by atoms with E-state index in [1.165, 1.54) is 0 Å². The predicted molar refractivity (Wildman–Crippen MR) is 42.0 cm³/mol. The summed E-state index contributed by atoms with van der Waals surface area (Å²) in [4.78, 5) is 0. The number of hydrogen-bond donors (Lipinski definition) is 1. The first-order valence-corrected chi connectivity index (χ1v) is 3.99. The van der Waals surface area contributed by atoms with Crippen LogP contribution in [0.25, 0.3) is 0 Å². The van der Waals surface area contributed by atoms with Crippen LogP contribution in [-0.4, -0.2) is 24.9 Å². The molecule has 1 atom stereocenters. The number of aliphatic hydroxyl groups is 1. The van der Waals surface area contributed by atoms with Gasteiger partial charge in [0.1, 0.15) is 0 Å². The van der Waals surface area contributed by atoms with E-state index in [9.17, 15) is 0 Å². The Morgan fingerprint density at radius 3 is 2.70 bits per heavy atom. The molecule has 2 nitrogen and oxygen atoms in total. The fourth-order valence-corrected chi connectivity index (χ4v) is 0.769. The summed E-state index contributed by atoms with van der Waals surface area (Å²) in [5, 5.41) is 8.65. The van der Waals surface area contributed by atoms with Crippen molar-refractivity contribution in [2.75, 3.05) is 19.8 Å². The average Bonchev–Trinajstić information content (AvgIpc) is 1.98. The Labute approximate surface area is 63.2 Å². The first-order valence-electron chi connectivity index (χ1n) is 3.99. The minimum atomic E-state index is 0.298. The van der Waals surface area contributed by atoms with Crippen LogP contribution < -0.4 is 0 Å². The van der Waals surface area contributed by atoms with Crippen molar-refractivity contribution in [3.05, 3.63) is 0 Å². The van der Waals surface area contributed by atoms with E-state index < -0.39 is 0 Å². The molecule has 0 aliphatic heterocycles. The van der Waals surface area contributed by atoms with Crippen LogP contribution in [0.3, 0.4) is 0 Å². The second-order valence-corrected chi connectivity index (χ2v) is 2.63. The highest BCUT2D eigenvalue weighted by Gasteiger charge is 1.97. The van der Waals surface area contributed by atoms with Gasteiger partial charge in [-0.1, -0.05) is 6.92 Å².